The summed E-state index contributed by atoms with van der Waals surface area (Å²) in [7, 11) is 0. The number of carbonyl (C=O) groups excluding carboxylic acids is 2. The van der Waals surface area contributed by atoms with Crippen LogP contribution in [0.5, 0.6) is 11.5 Å². The summed E-state index contributed by atoms with van der Waals surface area (Å²) in [6, 6.07) is 14.8. The molecule has 3 amide bonds. The van der Waals surface area contributed by atoms with Crippen LogP contribution in [0.25, 0.3) is 0 Å². The Morgan fingerprint density at radius 2 is 1.54 bits per heavy atom. The van der Waals surface area contributed by atoms with Gasteiger partial charge in [0.15, 0.2) is 0 Å². The normalized spacial score (nSPS) is 11.7. The van der Waals surface area contributed by atoms with Gasteiger partial charge in [-0.1, -0.05) is 0 Å². The van der Waals surface area contributed by atoms with Crippen molar-refractivity contribution in [2.45, 2.75) is 39.3 Å². The molecule has 0 saturated carbocycles. The molecule has 0 fully saturated rings. The smallest absolute Gasteiger partial charge is 0.321 e. The Morgan fingerprint density at radius 1 is 1.00 bits per heavy atom. The standard InChI is InChI=1S/C21H24N4O3/c1-14(19(26)24-20(27)25-21(2,3)4)23-16-7-11-18(12-8-16)28-17-9-5-15(13-22)6-10-17/h5-12,14,23H,1-4H3,(H2,24,25,26,27). The molecule has 1 atom stereocenters. The Bertz CT molecular complexity index is 863. The lowest BCUT2D eigenvalue weighted by Crippen LogP contribution is -2.51. The highest BCUT2D eigenvalue weighted by Gasteiger charge is 2.19. The molecule has 0 bridgehead atoms. The Balaban J connectivity index is 1.89. The van der Waals surface area contributed by atoms with Gasteiger partial charge in [-0.15, -0.1) is 0 Å². The number of benzene rings is 2. The van der Waals surface area contributed by atoms with Gasteiger partial charge in [0.1, 0.15) is 17.5 Å². The second-order valence-electron chi connectivity index (χ2n) is 7.32. The van der Waals surface area contributed by atoms with Crippen molar-refractivity contribution < 1.29 is 14.3 Å². The van der Waals surface area contributed by atoms with Gasteiger partial charge in [0, 0.05) is 11.2 Å². The molecule has 2 rings (SSSR count). The fraction of sp³-hybridized carbons (Fsp3) is 0.286. The summed E-state index contributed by atoms with van der Waals surface area (Å²) in [5.74, 6) is 0.814. The average molecular weight is 380 g/mol. The molecule has 0 saturated heterocycles. The number of imide groups is 1. The molecule has 7 nitrogen and oxygen atoms in total. The van der Waals surface area contributed by atoms with E-state index in [1.165, 1.54) is 0 Å². The van der Waals surface area contributed by atoms with Crippen LogP contribution < -0.4 is 20.7 Å². The van der Waals surface area contributed by atoms with Gasteiger partial charge in [-0.05, 0) is 76.2 Å². The molecule has 2 aromatic rings. The van der Waals surface area contributed by atoms with Crippen LogP contribution in [0.2, 0.25) is 0 Å². The van der Waals surface area contributed by atoms with E-state index in [0.717, 1.165) is 0 Å². The third-order valence-electron chi connectivity index (χ3n) is 3.58. The topological polar surface area (TPSA) is 103 Å². The minimum absolute atomic E-state index is 0.425. The molecule has 0 aliphatic rings. The summed E-state index contributed by atoms with van der Waals surface area (Å²) in [4.78, 5) is 23.9. The first-order valence-corrected chi connectivity index (χ1v) is 8.84. The van der Waals surface area contributed by atoms with Crippen molar-refractivity contribution in [1.29, 1.82) is 5.26 Å². The van der Waals surface area contributed by atoms with E-state index in [1.807, 2.05) is 20.8 Å². The van der Waals surface area contributed by atoms with Crippen molar-refractivity contribution in [1.82, 2.24) is 10.6 Å². The van der Waals surface area contributed by atoms with Gasteiger partial charge in [-0.2, -0.15) is 5.26 Å². The number of nitriles is 1. The molecule has 0 aliphatic carbocycles. The highest BCUT2D eigenvalue weighted by Crippen LogP contribution is 2.23. The predicted octanol–water partition coefficient (Wildman–Crippen LogP) is 3.78. The number of carbonyl (C=O) groups is 2. The van der Waals surface area contributed by atoms with Crippen molar-refractivity contribution in [3.05, 3.63) is 54.1 Å². The fourth-order valence-electron chi connectivity index (χ4n) is 2.26. The van der Waals surface area contributed by atoms with Crippen LogP contribution in [0.3, 0.4) is 0 Å². The van der Waals surface area contributed by atoms with Crippen molar-refractivity contribution in [2.24, 2.45) is 0 Å². The maximum absolute atomic E-state index is 12.1. The number of amides is 3. The number of nitrogens with zero attached hydrogens (tertiary/aromatic N) is 1. The van der Waals surface area contributed by atoms with Crippen LogP contribution in [0.1, 0.15) is 33.3 Å². The maximum atomic E-state index is 12.1. The number of anilines is 1. The molecule has 0 aliphatic heterocycles. The second-order valence-corrected chi connectivity index (χ2v) is 7.32. The van der Waals surface area contributed by atoms with Crippen LogP contribution in [-0.4, -0.2) is 23.5 Å². The van der Waals surface area contributed by atoms with Crippen LogP contribution in [0.4, 0.5) is 10.5 Å². The summed E-state index contributed by atoms with van der Waals surface area (Å²) in [6.45, 7) is 7.17. The van der Waals surface area contributed by atoms with Gasteiger partial charge in [0.2, 0.25) is 5.91 Å². The van der Waals surface area contributed by atoms with E-state index in [0.29, 0.717) is 22.7 Å². The van der Waals surface area contributed by atoms with Crippen LogP contribution in [0, 0.1) is 11.3 Å². The first kappa shape index (κ1) is 20.8. The highest BCUT2D eigenvalue weighted by molar-refractivity contribution is 5.98. The average Bonchev–Trinajstić information content (AvgIpc) is 2.62. The number of urea groups is 1. The lowest BCUT2D eigenvalue weighted by Gasteiger charge is -2.21. The van der Waals surface area contributed by atoms with E-state index in [-0.39, 0.29) is 0 Å². The van der Waals surface area contributed by atoms with E-state index < -0.39 is 23.5 Å². The van der Waals surface area contributed by atoms with Crippen LogP contribution in [-0.2, 0) is 4.79 Å². The van der Waals surface area contributed by atoms with E-state index in [2.05, 4.69) is 22.0 Å². The molecule has 146 valence electrons. The largest absolute Gasteiger partial charge is 0.457 e. The number of ether oxygens (including phenoxy) is 1. The molecule has 2 aromatic carbocycles. The maximum Gasteiger partial charge on any atom is 0.321 e. The molecule has 7 heteroatoms. The minimum atomic E-state index is -0.601. The quantitative estimate of drug-likeness (QED) is 0.732. The molecule has 0 aromatic heterocycles. The van der Waals surface area contributed by atoms with Crippen LogP contribution in [0.15, 0.2) is 48.5 Å². The predicted molar refractivity (Wildman–Crippen MR) is 107 cm³/mol. The fourth-order valence-corrected chi connectivity index (χ4v) is 2.26. The molecular weight excluding hydrogens is 356 g/mol. The summed E-state index contributed by atoms with van der Waals surface area (Å²) in [5, 5.41) is 16.8. The third kappa shape index (κ3) is 6.65. The van der Waals surface area contributed by atoms with Gasteiger partial charge < -0.3 is 15.4 Å². The molecule has 3 N–H and O–H groups in total. The SMILES string of the molecule is CC(Nc1ccc(Oc2ccc(C#N)cc2)cc1)C(=O)NC(=O)NC(C)(C)C. The third-order valence-corrected chi connectivity index (χ3v) is 3.58. The van der Waals surface area contributed by atoms with E-state index in [9.17, 15) is 9.59 Å². The number of hydrogen-bond donors (Lipinski definition) is 3. The highest BCUT2D eigenvalue weighted by atomic mass is 16.5. The van der Waals surface area contributed by atoms with Gasteiger partial charge in [-0.25, -0.2) is 4.79 Å². The Kier molecular flexibility index (Phi) is 6.61. The van der Waals surface area contributed by atoms with Crippen molar-refractivity contribution in [2.75, 3.05) is 5.32 Å². The zero-order chi connectivity index (χ0) is 20.7. The Labute approximate surface area is 164 Å². The number of rotatable bonds is 5. The zero-order valence-corrected chi connectivity index (χ0v) is 16.4. The van der Waals surface area contributed by atoms with Gasteiger partial charge in [0.05, 0.1) is 11.6 Å². The lowest BCUT2D eigenvalue weighted by atomic mass is 10.1. The Morgan fingerprint density at radius 3 is 2.04 bits per heavy atom. The van der Waals surface area contributed by atoms with Gasteiger partial charge >= 0.3 is 6.03 Å². The van der Waals surface area contributed by atoms with Gasteiger partial charge in [0.25, 0.3) is 0 Å². The van der Waals surface area contributed by atoms with Crippen molar-refractivity contribution >= 4 is 17.6 Å². The van der Waals surface area contributed by atoms with E-state index in [1.54, 1.807) is 55.5 Å². The van der Waals surface area contributed by atoms with E-state index in [4.69, 9.17) is 10.00 Å². The molecular formula is C21H24N4O3. The Hall–Kier alpha value is -3.53. The zero-order valence-electron chi connectivity index (χ0n) is 16.4. The second kappa shape index (κ2) is 8.91. The lowest BCUT2D eigenvalue weighted by molar-refractivity contribution is -0.120. The van der Waals surface area contributed by atoms with E-state index >= 15 is 0 Å². The first-order chi connectivity index (χ1) is 13.2. The van der Waals surface area contributed by atoms with Crippen molar-refractivity contribution in [3.63, 3.8) is 0 Å². The monoisotopic (exact) mass is 380 g/mol. The molecule has 0 radical (unpaired) electrons. The number of hydrogen-bond acceptors (Lipinski definition) is 5. The van der Waals surface area contributed by atoms with Crippen molar-refractivity contribution in [3.8, 4) is 17.6 Å². The molecule has 1 unspecified atom stereocenters. The molecule has 0 spiro atoms. The summed E-state index contributed by atoms with van der Waals surface area (Å²) in [6.07, 6.45) is 0. The summed E-state index contributed by atoms with van der Waals surface area (Å²) in [5.41, 5.74) is 0.854. The summed E-state index contributed by atoms with van der Waals surface area (Å²) >= 11 is 0. The van der Waals surface area contributed by atoms with Gasteiger partial charge in [-0.3, -0.25) is 10.1 Å². The first-order valence-electron chi connectivity index (χ1n) is 8.84. The van der Waals surface area contributed by atoms with Crippen LogP contribution >= 0.6 is 0 Å². The molecule has 28 heavy (non-hydrogen) atoms. The number of nitrogens with one attached hydrogen (secondary N) is 3. The minimum Gasteiger partial charge on any atom is -0.457 e. The summed E-state index contributed by atoms with van der Waals surface area (Å²) < 4.78 is 5.71. The molecule has 0 heterocycles.